The van der Waals surface area contributed by atoms with E-state index in [1.54, 1.807) is 0 Å². The van der Waals surface area contributed by atoms with Gasteiger partial charge in [-0.25, -0.2) is 0 Å². The van der Waals surface area contributed by atoms with Gasteiger partial charge in [-0.2, -0.15) is 0 Å². The Balaban J connectivity index is 0. The number of alkyl halides is 1. The molecule has 0 bridgehead atoms. The fourth-order valence-electron chi connectivity index (χ4n) is 0.344. The number of halogens is 1. The van der Waals surface area contributed by atoms with Crippen LogP contribution >= 0.6 is 11.6 Å². The monoisotopic (exact) mass is 180 g/mol. The second-order valence-electron chi connectivity index (χ2n) is 1.40. The minimum atomic E-state index is 0. The van der Waals surface area contributed by atoms with Crippen LogP contribution in [0.2, 0.25) is 0 Å². The van der Waals surface area contributed by atoms with E-state index in [0.29, 0.717) is 0 Å². The molecule has 0 spiro atoms. The number of rotatable bonds is 3. The Morgan fingerprint density at radius 2 is 1.86 bits per heavy atom. The summed E-state index contributed by atoms with van der Waals surface area (Å²) in [6.45, 7) is 2.17. The average molecular weight is 179 g/mol. The minimum Gasteiger partial charge on any atom is -0.127 e. The van der Waals surface area contributed by atoms with E-state index in [4.69, 9.17) is 11.6 Å². The summed E-state index contributed by atoms with van der Waals surface area (Å²) in [7, 11) is 0. The predicted octanol–water partition coefficient (Wildman–Crippen LogP) is 2.03. The van der Waals surface area contributed by atoms with Crippen molar-refractivity contribution in [3.8, 4) is 0 Å². The van der Waals surface area contributed by atoms with Gasteiger partial charge < -0.3 is 0 Å². The Hall–Kier alpha value is 0.833. The van der Waals surface area contributed by atoms with Crippen molar-refractivity contribution in [3.63, 3.8) is 0 Å². The Kier molecular flexibility index (Phi) is 15.3. The number of unbranched alkanes of at least 4 members (excludes halogenated alkanes) is 2. The summed E-state index contributed by atoms with van der Waals surface area (Å²) in [5.74, 6) is 0.827. The van der Waals surface area contributed by atoms with Crippen molar-refractivity contribution in [3.05, 3.63) is 0 Å². The van der Waals surface area contributed by atoms with Crippen LogP contribution in [0.25, 0.3) is 0 Å². The molecule has 7 heavy (non-hydrogen) atoms. The molecule has 0 aliphatic heterocycles. The quantitative estimate of drug-likeness (QED) is 0.353. The third kappa shape index (κ3) is 10.9. The van der Waals surface area contributed by atoms with E-state index in [1.807, 2.05) is 0 Å². The molecule has 4 radical (unpaired) electrons. The van der Waals surface area contributed by atoms with Crippen molar-refractivity contribution in [2.75, 3.05) is 5.88 Å². The van der Waals surface area contributed by atoms with Crippen molar-refractivity contribution in [1.82, 2.24) is 0 Å². The molecular formula is C5H11ClGe. The van der Waals surface area contributed by atoms with E-state index < -0.39 is 0 Å². The van der Waals surface area contributed by atoms with Crippen LogP contribution in [0.4, 0.5) is 0 Å². The first-order valence-corrected chi connectivity index (χ1v) is 3.01. The van der Waals surface area contributed by atoms with Gasteiger partial charge in [-0.3, -0.25) is 0 Å². The molecule has 2 heteroatoms. The first-order valence-electron chi connectivity index (χ1n) is 2.47. The van der Waals surface area contributed by atoms with Crippen LogP contribution in [0, 0.1) is 0 Å². The third-order valence-electron chi connectivity index (χ3n) is 0.737. The molecule has 0 saturated heterocycles. The zero-order valence-corrected chi connectivity index (χ0v) is 7.56. The summed E-state index contributed by atoms with van der Waals surface area (Å²) in [6.07, 6.45) is 3.73. The van der Waals surface area contributed by atoms with Crippen LogP contribution in [-0.2, 0) is 0 Å². The minimum absolute atomic E-state index is 0. The van der Waals surface area contributed by atoms with E-state index in [1.165, 1.54) is 19.3 Å². The van der Waals surface area contributed by atoms with E-state index in [-0.39, 0.29) is 17.6 Å². The second kappa shape index (κ2) is 9.95. The van der Waals surface area contributed by atoms with Crippen LogP contribution in [0.3, 0.4) is 0 Å². The zero-order chi connectivity index (χ0) is 4.83. The van der Waals surface area contributed by atoms with Crippen molar-refractivity contribution < 1.29 is 0 Å². The van der Waals surface area contributed by atoms with Gasteiger partial charge in [0.05, 0.1) is 0 Å². The first-order chi connectivity index (χ1) is 2.91. The second-order valence-corrected chi connectivity index (χ2v) is 1.77. The number of hydrogen-bond donors (Lipinski definition) is 0. The van der Waals surface area contributed by atoms with Gasteiger partial charge in [0.2, 0.25) is 0 Å². The molecule has 0 nitrogen and oxygen atoms in total. The maximum Gasteiger partial charge on any atom is 0.0223 e. The summed E-state index contributed by atoms with van der Waals surface area (Å²) < 4.78 is 0. The van der Waals surface area contributed by atoms with E-state index in [2.05, 4.69) is 6.92 Å². The van der Waals surface area contributed by atoms with Crippen LogP contribution in [0.15, 0.2) is 0 Å². The van der Waals surface area contributed by atoms with Crippen molar-refractivity contribution in [1.29, 1.82) is 0 Å². The zero-order valence-electron chi connectivity index (χ0n) is 4.71. The molecule has 42 valence electrons. The number of hydrogen-bond acceptors (Lipinski definition) is 0. The molecule has 0 heterocycles. The van der Waals surface area contributed by atoms with Gasteiger partial charge in [-0.1, -0.05) is 19.8 Å². The summed E-state index contributed by atoms with van der Waals surface area (Å²) in [5, 5.41) is 0. The van der Waals surface area contributed by atoms with Crippen LogP contribution in [-0.4, -0.2) is 23.5 Å². The molecule has 0 aliphatic carbocycles. The molecule has 0 saturated carbocycles. The van der Waals surface area contributed by atoms with E-state index >= 15 is 0 Å². The van der Waals surface area contributed by atoms with E-state index in [9.17, 15) is 0 Å². The van der Waals surface area contributed by atoms with E-state index in [0.717, 1.165) is 5.88 Å². The summed E-state index contributed by atoms with van der Waals surface area (Å²) in [5.41, 5.74) is 0. The molecule has 0 atom stereocenters. The Morgan fingerprint density at radius 1 is 1.29 bits per heavy atom. The Labute approximate surface area is 61.6 Å². The summed E-state index contributed by atoms with van der Waals surface area (Å²) in [6, 6.07) is 0. The van der Waals surface area contributed by atoms with Gasteiger partial charge in [-0.05, 0) is 6.42 Å². The van der Waals surface area contributed by atoms with Gasteiger partial charge in [0.25, 0.3) is 0 Å². The smallest absolute Gasteiger partial charge is 0.0223 e. The molecular weight excluding hydrogens is 168 g/mol. The molecule has 0 unspecified atom stereocenters. The maximum absolute atomic E-state index is 5.38. The summed E-state index contributed by atoms with van der Waals surface area (Å²) in [4.78, 5) is 0. The van der Waals surface area contributed by atoms with Crippen molar-refractivity contribution in [2.45, 2.75) is 26.2 Å². The normalized spacial score (nSPS) is 7.71. The molecule has 0 amide bonds. The maximum atomic E-state index is 5.38. The fraction of sp³-hybridized carbons (Fsp3) is 1.00. The Bertz CT molecular complexity index is 20.0. The van der Waals surface area contributed by atoms with Crippen molar-refractivity contribution in [2.24, 2.45) is 0 Å². The van der Waals surface area contributed by atoms with Gasteiger partial charge in [0.15, 0.2) is 0 Å². The largest absolute Gasteiger partial charge is 0.127 e. The standard InChI is InChI=1S/C5H11Cl.Ge/c1-2-3-4-5-6;/h2-5H2,1H3;. The van der Waals surface area contributed by atoms with Crippen LogP contribution in [0.1, 0.15) is 26.2 Å². The molecule has 0 rings (SSSR count). The first kappa shape index (κ1) is 10.7. The van der Waals surface area contributed by atoms with Crippen LogP contribution < -0.4 is 0 Å². The molecule has 0 aliphatic rings. The van der Waals surface area contributed by atoms with Gasteiger partial charge in [-0.15, -0.1) is 11.6 Å². The Morgan fingerprint density at radius 3 is 2.00 bits per heavy atom. The van der Waals surface area contributed by atoms with Crippen LogP contribution in [0.5, 0.6) is 0 Å². The SMILES string of the molecule is CCCCCCl.[Ge]. The fourth-order valence-corrected chi connectivity index (χ4v) is 0.533. The average Bonchev–Trinajstić information content (AvgIpc) is 1.61. The third-order valence-corrected chi connectivity index (χ3v) is 1.00. The molecule has 0 fully saturated rings. The predicted molar refractivity (Wildman–Crippen MR) is 36.0 cm³/mol. The van der Waals surface area contributed by atoms with Gasteiger partial charge >= 0.3 is 0 Å². The van der Waals surface area contributed by atoms with Gasteiger partial charge in [0, 0.05) is 23.5 Å². The van der Waals surface area contributed by atoms with Crippen molar-refractivity contribution >= 4 is 29.2 Å². The molecule has 0 N–H and O–H groups in total. The molecule has 0 aromatic carbocycles. The molecule has 0 aromatic rings. The summed E-state index contributed by atoms with van der Waals surface area (Å²) >= 11 is 5.38. The molecule has 0 aromatic heterocycles. The topological polar surface area (TPSA) is 0 Å². The van der Waals surface area contributed by atoms with Gasteiger partial charge in [0.1, 0.15) is 0 Å².